The molecule has 0 bridgehead atoms. The van der Waals surface area contributed by atoms with E-state index in [4.69, 9.17) is 16.3 Å². The van der Waals surface area contributed by atoms with Crippen LogP contribution in [0.4, 0.5) is 10.5 Å². The van der Waals surface area contributed by atoms with Gasteiger partial charge in [0.2, 0.25) is 0 Å². The van der Waals surface area contributed by atoms with Crippen molar-refractivity contribution in [3.8, 4) is 16.9 Å². The highest BCUT2D eigenvalue weighted by molar-refractivity contribution is 6.30. The van der Waals surface area contributed by atoms with Crippen LogP contribution in [-0.2, 0) is 0 Å². The van der Waals surface area contributed by atoms with Crippen molar-refractivity contribution in [1.82, 2.24) is 9.88 Å². The fourth-order valence-electron chi connectivity index (χ4n) is 3.71. The fraction of sp³-hybridized carbons (Fsp3) is 0.280. The van der Waals surface area contributed by atoms with Crippen LogP contribution in [-0.4, -0.2) is 42.2 Å². The molecule has 0 unspecified atom stereocenters. The topological polar surface area (TPSA) is 45.7 Å². The average molecular weight is 472 g/mol. The number of pyridine rings is 1. The van der Waals surface area contributed by atoms with Crippen LogP contribution in [0.3, 0.4) is 0 Å². The lowest BCUT2D eigenvalue weighted by molar-refractivity contribution is 0.219. The van der Waals surface area contributed by atoms with Crippen LogP contribution < -0.4 is 9.64 Å². The second-order valence-corrected chi connectivity index (χ2v) is 8.00. The third-order valence-corrected chi connectivity index (χ3v) is 5.69. The van der Waals surface area contributed by atoms with Crippen molar-refractivity contribution in [2.75, 3.05) is 31.1 Å². The van der Waals surface area contributed by atoms with Crippen molar-refractivity contribution in [2.45, 2.75) is 19.3 Å². The molecule has 32 heavy (non-hydrogen) atoms. The van der Waals surface area contributed by atoms with Gasteiger partial charge in [0.25, 0.3) is 0 Å². The maximum absolute atomic E-state index is 12.6. The molecule has 7 heteroatoms. The molecule has 0 radical (unpaired) electrons. The van der Waals surface area contributed by atoms with E-state index in [1.54, 1.807) is 12.4 Å². The van der Waals surface area contributed by atoms with E-state index in [9.17, 15) is 4.79 Å². The highest BCUT2D eigenvalue weighted by Crippen LogP contribution is 2.24. The molecule has 2 amide bonds. The summed E-state index contributed by atoms with van der Waals surface area (Å²) in [6, 6.07) is 19.8. The first-order valence-electron chi connectivity index (χ1n) is 10.7. The first kappa shape index (κ1) is 23.9. The third-order valence-electron chi connectivity index (χ3n) is 5.44. The van der Waals surface area contributed by atoms with Gasteiger partial charge < -0.3 is 9.64 Å². The van der Waals surface area contributed by atoms with Crippen molar-refractivity contribution in [2.24, 2.45) is 0 Å². The van der Waals surface area contributed by atoms with E-state index in [1.807, 2.05) is 58.3 Å². The van der Waals surface area contributed by atoms with Crippen LogP contribution in [0.15, 0.2) is 73.1 Å². The normalized spacial score (nSPS) is 13.2. The van der Waals surface area contributed by atoms with Gasteiger partial charge in [0.05, 0.1) is 6.61 Å². The number of rotatable bonds is 9. The maximum atomic E-state index is 12.6. The van der Waals surface area contributed by atoms with E-state index in [1.165, 1.54) is 0 Å². The molecule has 0 aliphatic carbocycles. The number of anilines is 1. The Morgan fingerprint density at radius 2 is 1.50 bits per heavy atom. The minimum atomic E-state index is 0. The number of carbonyl (C=O) groups is 1. The molecule has 0 saturated carbocycles. The summed E-state index contributed by atoms with van der Waals surface area (Å²) >= 11 is 5.95. The fourth-order valence-corrected chi connectivity index (χ4v) is 3.84. The van der Waals surface area contributed by atoms with Crippen molar-refractivity contribution < 1.29 is 9.53 Å². The van der Waals surface area contributed by atoms with E-state index in [0.717, 1.165) is 66.5 Å². The van der Waals surface area contributed by atoms with Crippen LogP contribution in [0.25, 0.3) is 11.1 Å². The van der Waals surface area contributed by atoms with Gasteiger partial charge >= 0.3 is 6.03 Å². The Hall–Kier alpha value is -2.76. The highest BCUT2D eigenvalue weighted by atomic mass is 35.5. The molecule has 5 nitrogen and oxygen atoms in total. The van der Waals surface area contributed by atoms with Gasteiger partial charge in [-0.15, -0.1) is 12.4 Å². The summed E-state index contributed by atoms with van der Waals surface area (Å²) in [5.74, 6) is 0.875. The van der Waals surface area contributed by atoms with Crippen molar-refractivity contribution in [3.05, 3.63) is 78.1 Å². The summed E-state index contributed by atoms with van der Waals surface area (Å²) in [5.41, 5.74) is 3.19. The molecule has 2 aromatic carbocycles. The van der Waals surface area contributed by atoms with Gasteiger partial charge in [-0.3, -0.25) is 9.88 Å². The number of urea groups is 1. The van der Waals surface area contributed by atoms with Crippen molar-refractivity contribution in [3.63, 3.8) is 0 Å². The lowest BCUT2D eigenvalue weighted by Crippen LogP contribution is -2.32. The number of hydrogen-bond acceptors (Lipinski definition) is 3. The van der Waals surface area contributed by atoms with Gasteiger partial charge in [-0.25, -0.2) is 4.79 Å². The van der Waals surface area contributed by atoms with Gasteiger partial charge in [0.15, 0.2) is 0 Å². The molecule has 168 valence electrons. The van der Waals surface area contributed by atoms with Gasteiger partial charge in [0.1, 0.15) is 5.75 Å². The second-order valence-electron chi connectivity index (χ2n) is 7.57. The molecule has 0 spiro atoms. The molecule has 1 aliphatic heterocycles. The number of ether oxygens (including phenoxy) is 1. The predicted molar refractivity (Wildman–Crippen MR) is 132 cm³/mol. The Morgan fingerprint density at radius 1 is 0.844 bits per heavy atom. The largest absolute Gasteiger partial charge is 0.494 e. The molecule has 1 fully saturated rings. The second kappa shape index (κ2) is 11.7. The Morgan fingerprint density at radius 3 is 2.19 bits per heavy atom. The number of carbonyl (C=O) groups excluding carboxylic acids is 1. The SMILES string of the molecule is Cl.O=C1N(CCCCCOc2ccc(-c3ccc(Cl)cc3)cc2)CCN1c1ccncc1. The molecular formula is C25H27Cl2N3O2. The third kappa shape index (κ3) is 6.15. The zero-order chi connectivity index (χ0) is 21.5. The monoisotopic (exact) mass is 471 g/mol. The minimum Gasteiger partial charge on any atom is -0.494 e. The summed E-state index contributed by atoms with van der Waals surface area (Å²) in [5, 5.41) is 0.740. The Bertz CT molecular complexity index is 982. The summed E-state index contributed by atoms with van der Waals surface area (Å²) in [6.07, 6.45) is 6.42. The molecule has 4 rings (SSSR count). The lowest BCUT2D eigenvalue weighted by Gasteiger charge is -2.18. The molecule has 1 saturated heterocycles. The Kier molecular flexibility index (Phi) is 8.77. The van der Waals surface area contributed by atoms with Gasteiger partial charge in [-0.1, -0.05) is 35.9 Å². The van der Waals surface area contributed by atoms with E-state index in [2.05, 4.69) is 17.1 Å². The Labute approximate surface area is 200 Å². The van der Waals surface area contributed by atoms with E-state index < -0.39 is 0 Å². The lowest BCUT2D eigenvalue weighted by atomic mass is 10.1. The number of halogens is 2. The van der Waals surface area contributed by atoms with E-state index in [-0.39, 0.29) is 18.4 Å². The van der Waals surface area contributed by atoms with E-state index >= 15 is 0 Å². The number of benzene rings is 2. The number of hydrogen-bond donors (Lipinski definition) is 0. The van der Waals surface area contributed by atoms with Crippen molar-refractivity contribution in [1.29, 1.82) is 0 Å². The van der Waals surface area contributed by atoms with Crippen LogP contribution in [0, 0.1) is 0 Å². The molecule has 1 aliphatic rings. The molecule has 1 aromatic heterocycles. The molecule has 3 aromatic rings. The predicted octanol–water partition coefficient (Wildman–Crippen LogP) is 6.32. The number of aromatic nitrogens is 1. The van der Waals surface area contributed by atoms with E-state index in [0.29, 0.717) is 6.61 Å². The summed E-state index contributed by atoms with van der Waals surface area (Å²) < 4.78 is 5.87. The Balaban J connectivity index is 0.00000289. The minimum absolute atomic E-state index is 0. The van der Waals surface area contributed by atoms with Crippen LogP contribution in [0.1, 0.15) is 19.3 Å². The summed E-state index contributed by atoms with van der Waals surface area (Å²) in [6.45, 7) is 2.98. The zero-order valence-corrected chi connectivity index (χ0v) is 19.4. The van der Waals surface area contributed by atoms with Gasteiger partial charge in [-0.2, -0.15) is 0 Å². The molecule has 0 N–H and O–H groups in total. The molecular weight excluding hydrogens is 445 g/mol. The molecule has 0 atom stereocenters. The highest BCUT2D eigenvalue weighted by Gasteiger charge is 2.28. The smallest absolute Gasteiger partial charge is 0.324 e. The van der Waals surface area contributed by atoms with Crippen LogP contribution in [0.5, 0.6) is 5.75 Å². The number of amides is 2. The standard InChI is InChI=1S/C25H26ClN3O2.ClH/c26-22-8-4-20(5-9-22)21-6-10-24(11-7-21)31-19-3-1-2-16-28-17-18-29(25(28)30)23-12-14-27-15-13-23;/h4-15H,1-3,16-19H2;1H. The number of unbranched alkanes of at least 4 members (excludes halogenated alkanes) is 2. The van der Waals surface area contributed by atoms with Gasteiger partial charge in [-0.05, 0) is 66.8 Å². The van der Waals surface area contributed by atoms with Crippen LogP contribution >= 0.6 is 24.0 Å². The first-order valence-corrected chi connectivity index (χ1v) is 11.0. The molecule has 2 heterocycles. The average Bonchev–Trinajstić information content (AvgIpc) is 3.18. The quantitative estimate of drug-likeness (QED) is 0.343. The van der Waals surface area contributed by atoms with Crippen molar-refractivity contribution >= 4 is 35.7 Å². The first-order chi connectivity index (χ1) is 15.2. The van der Waals surface area contributed by atoms with Crippen LogP contribution in [0.2, 0.25) is 5.02 Å². The summed E-state index contributed by atoms with van der Waals surface area (Å²) in [4.78, 5) is 20.3. The maximum Gasteiger partial charge on any atom is 0.324 e. The number of nitrogens with zero attached hydrogens (tertiary/aromatic N) is 3. The zero-order valence-electron chi connectivity index (χ0n) is 17.8. The summed E-state index contributed by atoms with van der Waals surface area (Å²) in [7, 11) is 0. The van der Waals surface area contributed by atoms with Gasteiger partial charge in [0, 0.05) is 42.7 Å².